The average Bonchev–Trinajstić information content (AvgIpc) is 2.96. The van der Waals surface area contributed by atoms with Crippen LogP contribution in [0.25, 0.3) is 0 Å². The third-order valence-corrected chi connectivity index (χ3v) is 2.85. The predicted molar refractivity (Wildman–Crippen MR) is 71.0 cm³/mol. The topological polar surface area (TPSA) is 54.3 Å². The van der Waals surface area contributed by atoms with Crippen molar-refractivity contribution in [2.24, 2.45) is 0 Å². The van der Waals surface area contributed by atoms with Crippen LogP contribution in [0, 0.1) is 0 Å². The second kappa shape index (κ2) is 6.46. The highest BCUT2D eigenvalue weighted by Gasteiger charge is 2.37. The molecule has 0 bridgehead atoms. The lowest BCUT2D eigenvalue weighted by Gasteiger charge is -2.15. The largest absolute Gasteiger partial charge is 0.467 e. The number of rotatable bonds is 3. The van der Waals surface area contributed by atoms with Crippen LogP contribution in [0.5, 0.6) is 0 Å². The molecule has 1 aromatic heterocycles. The Morgan fingerprint density at radius 2 is 1.58 bits per heavy atom. The molecular weight excluding hydrogens is 342 g/mol. The number of carbonyl (C=O) groups excluding carboxylic acids is 1. The minimum Gasteiger partial charge on any atom is -0.467 e. The molecule has 4 nitrogen and oxygen atoms in total. The fourth-order valence-corrected chi connectivity index (χ4v) is 1.78. The molecule has 0 spiro atoms. The van der Waals surface area contributed by atoms with Gasteiger partial charge < -0.3 is 15.1 Å². The quantitative estimate of drug-likeness (QED) is 0.791. The highest BCUT2D eigenvalue weighted by Crippen LogP contribution is 2.37. The number of nitrogens with one attached hydrogen (secondary N) is 2. The summed E-state index contributed by atoms with van der Waals surface area (Å²) in [6, 6.07) is 2.93. The summed E-state index contributed by atoms with van der Waals surface area (Å²) in [7, 11) is 0. The van der Waals surface area contributed by atoms with E-state index in [2.05, 4.69) is 5.32 Å². The first kappa shape index (κ1) is 17.7. The summed E-state index contributed by atoms with van der Waals surface area (Å²) in [5.41, 5.74) is -3.66. The minimum absolute atomic E-state index is 0.0219. The maximum atomic E-state index is 12.7. The predicted octanol–water partition coefficient (Wildman–Crippen LogP) is 4.64. The Morgan fingerprint density at radius 3 is 2.04 bits per heavy atom. The Kier molecular flexibility index (Phi) is 4.76. The number of hydrogen-bond donors (Lipinski definition) is 2. The van der Waals surface area contributed by atoms with Crippen molar-refractivity contribution >= 4 is 11.7 Å². The third-order valence-electron chi connectivity index (χ3n) is 2.85. The smallest absolute Gasteiger partial charge is 0.416 e. The number of amides is 2. The van der Waals surface area contributed by atoms with E-state index in [1.54, 1.807) is 6.07 Å². The van der Waals surface area contributed by atoms with Crippen LogP contribution < -0.4 is 10.6 Å². The molecule has 0 aliphatic rings. The zero-order valence-electron chi connectivity index (χ0n) is 11.8. The van der Waals surface area contributed by atoms with Gasteiger partial charge in [0.25, 0.3) is 0 Å². The van der Waals surface area contributed by atoms with Gasteiger partial charge >= 0.3 is 18.4 Å². The van der Waals surface area contributed by atoms with Crippen LogP contribution in [0.2, 0.25) is 0 Å². The molecule has 1 aromatic carbocycles. The molecule has 2 aromatic rings. The van der Waals surface area contributed by atoms with E-state index < -0.39 is 35.2 Å². The second-order valence-electron chi connectivity index (χ2n) is 4.68. The Morgan fingerprint density at radius 1 is 1.00 bits per heavy atom. The summed E-state index contributed by atoms with van der Waals surface area (Å²) in [4.78, 5) is 11.6. The number of furan rings is 1. The fraction of sp³-hybridized carbons (Fsp3) is 0.214. The Bertz CT molecular complexity index is 675. The van der Waals surface area contributed by atoms with Gasteiger partial charge in [-0.25, -0.2) is 4.79 Å². The molecule has 2 amide bonds. The maximum absolute atomic E-state index is 12.7. The van der Waals surface area contributed by atoms with Crippen molar-refractivity contribution in [2.45, 2.75) is 18.9 Å². The zero-order chi connectivity index (χ0) is 18.0. The van der Waals surface area contributed by atoms with Crippen molar-refractivity contribution in [1.82, 2.24) is 5.32 Å². The SMILES string of the molecule is O=C(NCc1ccco1)Nc1cc(C(F)(F)F)cc(C(F)(F)F)c1. The van der Waals surface area contributed by atoms with Gasteiger partial charge in [-0.05, 0) is 30.3 Å². The summed E-state index contributed by atoms with van der Waals surface area (Å²) in [6.07, 6.45) is -8.62. The number of carbonyl (C=O) groups is 1. The van der Waals surface area contributed by atoms with Gasteiger partial charge in [-0.2, -0.15) is 26.3 Å². The molecule has 0 radical (unpaired) electrons. The van der Waals surface area contributed by atoms with Gasteiger partial charge in [0.05, 0.1) is 23.9 Å². The van der Waals surface area contributed by atoms with Crippen LogP contribution in [0.4, 0.5) is 36.8 Å². The molecule has 0 fully saturated rings. The van der Waals surface area contributed by atoms with E-state index in [1.807, 2.05) is 5.32 Å². The van der Waals surface area contributed by atoms with Gasteiger partial charge in [0.15, 0.2) is 0 Å². The minimum atomic E-state index is -4.98. The normalized spacial score (nSPS) is 12.1. The molecule has 0 aliphatic carbocycles. The highest BCUT2D eigenvalue weighted by atomic mass is 19.4. The van der Waals surface area contributed by atoms with Gasteiger partial charge in [0.2, 0.25) is 0 Å². The summed E-state index contributed by atoms with van der Waals surface area (Å²) in [5, 5.41) is 4.18. The van der Waals surface area contributed by atoms with Gasteiger partial charge in [0, 0.05) is 5.69 Å². The van der Waals surface area contributed by atoms with E-state index in [0.29, 0.717) is 17.9 Å². The highest BCUT2D eigenvalue weighted by molar-refractivity contribution is 5.89. The Balaban J connectivity index is 2.17. The first-order valence-electron chi connectivity index (χ1n) is 6.42. The first-order chi connectivity index (χ1) is 11.1. The fourth-order valence-electron chi connectivity index (χ4n) is 1.78. The number of urea groups is 1. The zero-order valence-corrected chi connectivity index (χ0v) is 11.8. The van der Waals surface area contributed by atoms with Crippen molar-refractivity contribution in [3.8, 4) is 0 Å². The van der Waals surface area contributed by atoms with Crippen LogP contribution in [-0.4, -0.2) is 6.03 Å². The van der Waals surface area contributed by atoms with Crippen LogP contribution in [0.1, 0.15) is 16.9 Å². The summed E-state index contributed by atoms with van der Waals surface area (Å²) in [5.74, 6) is 0.366. The van der Waals surface area contributed by atoms with Crippen molar-refractivity contribution in [1.29, 1.82) is 0 Å². The van der Waals surface area contributed by atoms with Crippen molar-refractivity contribution < 1.29 is 35.6 Å². The molecule has 2 rings (SSSR count). The van der Waals surface area contributed by atoms with Crippen molar-refractivity contribution in [2.75, 3.05) is 5.32 Å². The van der Waals surface area contributed by atoms with Crippen LogP contribution in [0.15, 0.2) is 41.0 Å². The van der Waals surface area contributed by atoms with Gasteiger partial charge in [-0.15, -0.1) is 0 Å². The van der Waals surface area contributed by atoms with E-state index in [9.17, 15) is 31.1 Å². The molecule has 1 heterocycles. The lowest BCUT2D eigenvalue weighted by atomic mass is 10.1. The van der Waals surface area contributed by atoms with Crippen LogP contribution in [0.3, 0.4) is 0 Å². The molecule has 0 aliphatic heterocycles. The molecule has 0 unspecified atom stereocenters. The van der Waals surface area contributed by atoms with E-state index in [4.69, 9.17) is 4.42 Å². The number of hydrogen-bond acceptors (Lipinski definition) is 2. The molecule has 24 heavy (non-hydrogen) atoms. The molecular formula is C14H10F6N2O2. The molecule has 0 atom stereocenters. The van der Waals surface area contributed by atoms with Crippen molar-refractivity contribution in [3.05, 3.63) is 53.5 Å². The van der Waals surface area contributed by atoms with Crippen molar-refractivity contribution in [3.63, 3.8) is 0 Å². The first-order valence-corrected chi connectivity index (χ1v) is 6.42. The van der Waals surface area contributed by atoms with Gasteiger partial charge in [0.1, 0.15) is 5.76 Å². The van der Waals surface area contributed by atoms with E-state index >= 15 is 0 Å². The van der Waals surface area contributed by atoms with E-state index in [-0.39, 0.29) is 12.6 Å². The van der Waals surface area contributed by atoms with E-state index in [1.165, 1.54) is 12.3 Å². The number of anilines is 1. The number of alkyl halides is 6. The van der Waals surface area contributed by atoms with Gasteiger partial charge in [-0.3, -0.25) is 0 Å². The average molecular weight is 352 g/mol. The number of halogens is 6. The van der Waals surface area contributed by atoms with Gasteiger partial charge in [-0.1, -0.05) is 0 Å². The lowest BCUT2D eigenvalue weighted by molar-refractivity contribution is -0.143. The van der Waals surface area contributed by atoms with E-state index in [0.717, 1.165) is 0 Å². The molecule has 0 saturated heterocycles. The monoisotopic (exact) mass is 352 g/mol. The Labute approximate surface area is 131 Å². The van der Waals surface area contributed by atoms with Crippen LogP contribution in [-0.2, 0) is 18.9 Å². The number of benzene rings is 1. The Hall–Kier alpha value is -2.65. The lowest BCUT2D eigenvalue weighted by Crippen LogP contribution is -2.28. The maximum Gasteiger partial charge on any atom is 0.416 e. The standard InChI is InChI=1S/C14H10F6N2O2/c15-13(16,17)8-4-9(14(18,19)20)6-10(5-8)22-12(23)21-7-11-2-1-3-24-11/h1-6H,7H2,(H2,21,22,23). The summed E-state index contributed by atoms with van der Waals surface area (Å²) < 4.78 is 81.1. The molecule has 2 N–H and O–H groups in total. The molecule has 10 heteroatoms. The summed E-state index contributed by atoms with van der Waals surface area (Å²) >= 11 is 0. The summed E-state index contributed by atoms with van der Waals surface area (Å²) in [6.45, 7) is -0.0794. The molecule has 130 valence electrons. The third kappa shape index (κ3) is 4.67. The molecule has 0 saturated carbocycles. The second-order valence-corrected chi connectivity index (χ2v) is 4.68. The van der Waals surface area contributed by atoms with Crippen LogP contribution >= 0.6 is 0 Å².